The number of hydrogen-bond acceptors (Lipinski definition) is 3. The van der Waals surface area contributed by atoms with Crippen LogP contribution in [0.5, 0.6) is 0 Å². The van der Waals surface area contributed by atoms with Gasteiger partial charge in [0.1, 0.15) is 5.82 Å². The lowest BCUT2D eigenvalue weighted by molar-refractivity contribution is 0.121. The third-order valence-electron chi connectivity index (χ3n) is 6.15. The molecule has 2 aromatic carbocycles. The zero-order valence-electron chi connectivity index (χ0n) is 16.8. The highest BCUT2D eigenvalue weighted by Gasteiger charge is 2.31. The lowest BCUT2D eigenvalue weighted by atomic mass is 10.1. The molecule has 2 unspecified atom stereocenters. The van der Waals surface area contributed by atoms with Gasteiger partial charge in [-0.3, -0.25) is 4.90 Å². The fourth-order valence-corrected chi connectivity index (χ4v) is 4.49. The van der Waals surface area contributed by atoms with Crippen molar-refractivity contribution in [3.63, 3.8) is 0 Å². The maximum absolute atomic E-state index is 9.79. The lowest BCUT2D eigenvalue weighted by Crippen LogP contribution is -2.35. The predicted molar refractivity (Wildman–Crippen MR) is 115 cm³/mol. The van der Waals surface area contributed by atoms with Gasteiger partial charge in [0.05, 0.1) is 23.7 Å². The molecule has 1 aliphatic heterocycles. The van der Waals surface area contributed by atoms with Gasteiger partial charge in [-0.05, 0) is 81.1 Å². The molecule has 0 spiro atoms. The lowest BCUT2D eigenvalue weighted by Gasteiger charge is -2.29. The highest BCUT2D eigenvalue weighted by atomic mass is 35.5. The van der Waals surface area contributed by atoms with Gasteiger partial charge < -0.3 is 9.67 Å². The van der Waals surface area contributed by atoms with E-state index in [1.807, 2.05) is 12.1 Å². The molecule has 0 saturated carbocycles. The summed E-state index contributed by atoms with van der Waals surface area (Å²) < 4.78 is 2.34. The van der Waals surface area contributed by atoms with Gasteiger partial charge in [-0.1, -0.05) is 23.7 Å². The second-order valence-electron chi connectivity index (χ2n) is 8.00. The minimum Gasteiger partial charge on any atom is -0.395 e. The van der Waals surface area contributed by atoms with E-state index in [1.165, 1.54) is 22.2 Å². The minimum absolute atomic E-state index is 0.153. The van der Waals surface area contributed by atoms with Crippen LogP contribution in [0, 0.1) is 13.8 Å². The van der Waals surface area contributed by atoms with Crippen LogP contribution in [0.4, 0.5) is 0 Å². The normalized spacial score (nSPS) is 18.8. The van der Waals surface area contributed by atoms with Crippen LogP contribution in [0.3, 0.4) is 0 Å². The number of hydrogen-bond donors (Lipinski definition) is 1. The summed E-state index contributed by atoms with van der Waals surface area (Å²) >= 11 is 6.08. The maximum Gasteiger partial charge on any atom is 0.127 e. The van der Waals surface area contributed by atoms with Crippen molar-refractivity contribution in [2.75, 3.05) is 13.2 Å². The number of likely N-dealkylation sites (tertiary alicyclic amines) is 1. The van der Waals surface area contributed by atoms with Crippen LogP contribution in [-0.4, -0.2) is 38.8 Å². The first-order valence-corrected chi connectivity index (χ1v) is 10.4. The van der Waals surface area contributed by atoms with Crippen molar-refractivity contribution < 1.29 is 5.11 Å². The van der Waals surface area contributed by atoms with Crippen molar-refractivity contribution in [3.8, 4) is 0 Å². The van der Waals surface area contributed by atoms with E-state index in [9.17, 15) is 5.11 Å². The number of fused-ring (bicyclic) bond motifs is 1. The summed E-state index contributed by atoms with van der Waals surface area (Å²) in [7, 11) is 0. The summed E-state index contributed by atoms with van der Waals surface area (Å²) in [5.74, 6) is 1.07. The number of aromatic nitrogens is 2. The Bertz CT molecular complexity index is 980. The van der Waals surface area contributed by atoms with E-state index in [4.69, 9.17) is 16.6 Å². The van der Waals surface area contributed by atoms with Crippen LogP contribution in [0.1, 0.15) is 48.3 Å². The summed E-state index contributed by atoms with van der Waals surface area (Å²) in [6.45, 7) is 8.48. The first-order valence-electron chi connectivity index (χ1n) is 10.1. The van der Waals surface area contributed by atoms with Crippen LogP contribution in [-0.2, 0) is 6.54 Å². The zero-order chi connectivity index (χ0) is 19.8. The second-order valence-corrected chi connectivity index (χ2v) is 8.44. The molecule has 2 atom stereocenters. The van der Waals surface area contributed by atoms with E-state index in [-0.39, 0.29) is 18.7 Å². The van der Waals surface area contributed by atoms with Gasteiger partial charge in [0.15, 0.2) is 0 Å². The number of halogens is 1. The Morgan fingerprint density at radius 2 is 1.89 bits per heavy atom. The quantitative estimate of drug-likeness (QED) is 0.667. The molecule has 0 bridgehead atoms. The number of aliphatic hydroxyl groups excluding tert-OH is 1. The number of rotatable bonds is 5. The molecule has 5 heteroatoms. The molecule has 0 radical (unpaired) electrons. The number of nitrogens with zero attached hydrogens (tertiary/aromatic N) is 3. The highest BCUT2D eigenvalue weighted by Crippen LogP contribution is 2.32. The molecule has 1 aromatic heterocycles. The van der Waals surface area contributed by atoms with Crippen molar-refractivity contribution >= 4 is 22.6 Å². The van der Waals surface area contributed by atoms with E-state index in [0.717, 1.165) is 42.3 Å². The maximum atomic E-state index is 9.79. The first-order chi connectivity index (χ1) is 13.5. The number of aryl methyl sites for hydroxylation is 2. The Morgan fingerprint density at radius 3 is 2.61 bits per heavy atom. The standard InChI is InChI=1S/C23H28ClN3O/c1-15-11-21-22(12-16(15)2)27(13-18-6-8-19(24)9-7-18)23(25-21)17(3)26-10-4-5-20(26)14-28/h6-9,11-12,17,20,28H,4-5,10,13-14H2,1-3H3. The minimum atomic E-state index is 0.153. The van der Waals surface area contributed by atoms with Crippen molar-refractivity contribution in [2.45, 2.75) is 52.2 Å². The van der Waals surface area contributed by atoms with Gasteiger partial charge in [0.25, 0.3) is 0 Å². The monoisotopic (exact) mass is 397 g/mol. The third-order valence-corrected chi connectivity index (χ3v) is 6.40. The molecule has 1 fully saturated rings. The Balaban J connectivity index is 1.81. The molecule has 0 amide bonds. The van der Waals surface area contributed by atoms with E-state index >= 15 is 0 Å². The molecule has 2 heterocycles. The van der Waals surface area contributed by atoms with Crippen LogP contribution in [0.15, 0.2) is 36.4 Å². The molecule has 1 N–H and O–H groups in total. The van der Waals surface area contributed by atoms with Crippen LogP contribution >= 0.6 is 11.6 Å². The summed E-state index contributed by atoms with van der Waals surface area (Å²) in [6, 6.07) is 12.9. The summed E-state index contributed by atoms with van der Waals surface area (Å²) in [5.41, 5.74) is 5.95. The molecule has 0 aliphatic carbocycles. The third kappa shape index (κ3) is 3.57. The van der Waals surface area contributed by atoms with Crippen molar-refractivity contribution in [2.24, 2.45) is 0 Å². The van der Waals surface area contributed by atoms with Gasteiger partial charge in [0.2, 0.25) is 0 Å². The number of benzene rings is 2. The Hall–Kier alpha value is -1.88. The largest absolute Gasteiger partial charge is 0.395 e. The topological polar surface area (TPSA) is 41.3 Å². The van der Waals surface area contributed by atoms with E-state index in [2.05, 4.69) is 54.5 Å². The molecular formula is C23H28ClN3O. The van der Waals surface area contributed by atoms with Crippen molar-refractivity contribution in [1.82, 2.24) is 14.5 Å². The fourth-order valence-electron chi connectivity index (χ4n) is 4.37. The van der Waals surface area contributed by atoms with Gasteiger partial charge in [0, 0.05) is 17.6 Å². The first kappa shape index (κ1) is 19.4. The Morgan fingerprint density at radius 1 is 1.18 bits per heavy atom. The Labute approximate surface area is 171 Å². The average Bonchev–Trinajstić information content (AvgIpc) is 3.29. The smallest absolute Gasteiger partial charge is 0.127 e. The molecule has 28 heavy (non-hydrogen) atoms. The van der Waals surface area contributed by atoms with Crippen LogP contribution in [0.25, 0.3) is 11.0 Å². The molecule has 1 aliphatic rings. The summed E-state index contributed by atoms with van der Waals surface area (Å²) in [6.07, 6.45) is 2.18. The summed E-state index contributed by atoms with van der Waals surface area (Å²) in [5, 5.41) is 10.5. The van der Waals surface area contributed by atoms with E-state index in [1.54, 1.807) is 0 Å². The van der Waals surface area contributed by atoms with E-state index in [0.29, 0.717) is 0 Å². The molecule has 148 valence electrons. The SMILES string of the molecule is Cc1cc2nc(C(C)N3CCCC3CO)n(Cc3ccc(Cl)cc3)c2cc1C. The van der Waals surface area contributed by atoms with Crippen molar-refractivity contribution in [3.05, 3.63) is 63.9 Å². The number of aliphatic hydroxyl groups is 1. The molecular weight excluding hydrogens is 370 g/mol. The number of imidazole rings is 1. The van der Waals surface area contributed by atoms with Gasteiger partial charge in [-0.15, -0.1) is 0 Å². The van der Waals surface area contributed by atoms with Gasteiger partial charge in [-0.2, -0.15) is 0 Å². The predicted octanol–water partition coefficient (Wildman–Crippen LogP) is 4.87. The van der Waals surface area contributed by atoms with Crippen molar-refractivity contribution in [1.29, 1.82) is 0 Å². The summed E-state index contributed by atoms with van der Waals surface area (Å²) in [4.78, 5) is 7.46. The molecule has 1 saturated heterocycles. The van der Waals surface area contributed by atoms with Crippen LogP contribution < -0.4 is 0 Å². The molecule has 4 rings (SSSR count). The average molecular weight is 398 g/mol. The molecule has 4 nitrogen and oxygen atoms in total. The zero-order valence-corrected chi connectivity index (χ0v) is 17.6. The van der Waals surface area contributed by atoms with Gasteiger partial charge >= 0.3 is 0 Å². The fraction of sp³-hybridized carbons (Fsp3) is 0.435. The Kier molecular flexibility index (Phi) is 5.46. The molecule has 3 aromatic rings. The van der Waals surface area contributed by atoms with Gasteiger partial charge in [-0.25, -0.2) is 4.98 Å². The second kappa shape index (κ2) is 7.86. The van der Waals surface area contributed by atoms with E-state index < -0.39 is 0 Å². The highest BCUT2D eigenvalue weighted by molar-refractivity contribution is 6.30. The van der Waals surface area contributed by atoms with Crippen LogP contribution in [0.2, 0.25) is 5.02 Å².